The van der Waals surface area contributed by atoms with Crippen molar-refractivity contribution < 1.29 is 4.79 Å². The first-order valence-corrected chi connectivity index (χ1v) is 8.27. The predicted octanol–water partition coefficient (Wildman–Crippen LogP) is 2.94. The average Bonchev–Trinajstić information content (AvgIpc) is 2.54. The quantitative estimate of drug-likeness (QED) is 0.860. The van der Waals surface area contributed by atoms with E-state index in [1.807, 2.05) is 31.9 Å². The second-order valence-electron chi connectivity index (χ2n) is 6.71. The summed E-state index contributed by atoms with van der Waals surface area (Å²) in [6, 6.07) is 10.5. The molecule has 1 saturated heterocycles. The number of rotatable bonds is 5. The Morgan fingerprint density at radius 3 is 2.25 bits per heavy atom. The number of hydrogen-bond donors (Lipinski definition) is 1. The number of hydrogen-bond acceptors (Lipinski definition) is 3. The minimum absolute atomic E-state index is 0. The van der Waals surface area contributed by atoms with Crippen molar-refractivity contribution in [2.45, 2.75) is 45.3 Å². The largest absolute Gasteiger partial charge is 0.341 e. The number of carbonyl (C=O) groups excluding carboxylic acids is 1. The van der Waals surface area contributed by atoms with Crippen LogP contribution in [-0.4, -0.2) is 47.9 Å². The number of halogens is 2. The van der Waals surface area contributed by atoms with E-state index in [1.165, 1.54) is 5.56 Å². The van der Waals surface area contributed by atoms with Gasteiger partial charge in [-0.3, -0.25) is 9.69 Å². The first-order valence-electron chi connectivity index (χ1n) is 8.27. The monoisotopic (exact) mass is 375 g/mol. The molecule has 2 rings (SSSR count). The summed E-state index contributed by atoms with van der Waals surface area (Å²) in [7, 11) is 1.90. The molecule has 0 aromatic heterocycles. The number of nitrogens with zero attached hydrogens (tertiary/aromatic N) is 2. The van der Waals surface area contributed by atoms with Crippen molar-refractivity contribution in [2.75, 3.05) is 20.1 Å². The smallest absolute Gasteiger partial charge is 0.239 e. The highest BCUT2D eigenvalue weighted by atomic mass is 35.5. The summed E-state index contributed by atoms with van der Waals surface area (Å²) in [5.41, 5.74) is 7.35. The molecule has 6 heteroatoms. The van der Waals surface area contributed by atoms with Crippen molar-refractivity contribution in [3.05, 3.63) is 35.9 Å². The SMILES string of the molecule is CC(C)C(N)C(=O)N(C)C1CCN(Cc2ccccc2)CC1.Cl.Cl. The molecule has 1 aliphatic heterocycles. The van der Waals surface area contributed by atoms with E-state index in [2.05, 4.69) is 29.2 Å². The molecular weight excluding hydrogens is 345 g/mol. The summed E-state index contributed by atoms with van der Waals surface area (Å²) in [5, 5.41) is 0. The van der Waals surface area contributed by atoms with Gasteiger partial charge in [-0.2, -0.15) is 0 Å². The molecule has 1 unspecified atom stereocenters. The van der Waals surface area contributed by atoms with Gasteiger partial charge in [0.05, 0.1) is 6.04 Å². The fraction of sp³-hybridized carbons (Fsp3) is 0.611. The van der Waals surface area contributed by atoms with E-state index in [0.29, 0.717) is 6.04 Å². The van der Waals surface area contributed by atoms with E-state index < -0.39 is 0 Å². The lowest BCUT2D eigenvalue weighted by Crippen LogP contribution is -2.51. The van der Waals surface area contributed by atoms with Crippen molar-refractivity contribution in [3.8, 4) is 0 Å². The Bertz CT molecular complexity index is 476. The average molecular weight is 376 g/mol. The van der Waals surface area contributed by atoms with Gasteiger partial charge in [0.2, 0.25) is 5.91 Å². The molecule has 0 bridgehead atoms. The van der Waals surface area contributed by atoms with Crippen LogP contribution in [0.2, 0.25) is 0 Å². The summed E-state index contributed by atoms with van der Waals surface area (Å²) < 4.78 is 0. The minimum Gasteiger partial charge on any atom is -0.341 e. The summed E-state index contributed by atoms with van der Waals surface area (Å²) in [6.07, 6.45) is 2.06. The van der Waals surface area contributed by atoms with E-state index in [1.54, 1.807) is 0 Å². The minimum atomic E-state index is -0.382. The van der Waals surface area contributed by atoms with Crippen molar-refractivity contribution >= 4 is 30.7 Å². The molecule has 0 spiro atoms. The topological polar surface area (TPSA) is 49.6 Å². The molecular formula is C18H31Cl2N3O. The van der Waals surface area contributed by atoms with E-state index in [0.717, 1.165) is 32.5 Å². The van der Waals surface area contributed by atoms with Gasteiger partial charge in [-0.15, -0.1) is 24.8 Å². The zero-order valence-electron chi connectivity index (χ0n) is 14.9. The summed E-state index contributed by atoms with van der Waals surface area (Å²) in [5.74, 6) is 0.268. The molecule has 1 aliphatic rings. The second kappa shape index (κ2) is 10.9. The van der Waals surface area contributed by atoms with Crippen molar-refractivity contribution in [3.63, 3.8) is 0 Å². The predicted molar refractivity (Wildman–Crippen MR) is 105 cm³/mol. The zero-order chi connectivity index (χ0) is 16.1. The highest BCUT2D eigenvalue weighted by molar-refractivity contribution is 5.85. The van der Waals surface area contributed by atoms with Crippen LogP contribution >= 0.6 is 24.8 Å². The third kappa shape index (κ3) is 6.25. The number of piperidine rings is 1. The van der Waals surface area contributed by atoms with Crippen LogP contribution in [0.4, 0.5) is 0 Å². The molecule has 1 heterocycles. The maximum atomic E-state index is 12.3. The molecule has 138 valence electrons. The van der Waals surface area contributed by atoms with Gasteiger partial charge in [0.25, 0.3) is 0 Å². The maximum Gasteiger partial charge on any atom is 0.239 e. The lowest BCUT2D eigenvalue weighted by atomic mass is 9.99. The zero-order valence-corrected chi connectivity index (χ0v) is 16.5. The number of nitrogens with two attached hydrogens (primary N) is 1. The van der Waals surface area contributed by atoms with E-state index in [4.69, 9.17) is 5.73 Å². The highest BCUT2D eigenvalue weighted by Gasteiger charge is 2.29. The van der Waals surface area contributed by atoms with E-state index >= 15 is 0 Å². The molecule has 2 N–H and O–H groups in total. The Balaban J connectivity index is 0.00000264. The normalized spacial score (nSPS) is 16.9. The number of likely N-dealkylation sites (tertiary alicyclic amines) is 1. The Hall–Kier alpha value is -0.810. The lowest BCUT2D eigenvalue weighted by Gasteiger charge is -2.38. The number of benzene rings is 1. The molecule has 1 amide bonds. The van der Waals surface area contributed by atoms with Gasteiger partial charge in [-0.05, 0) is 24.3 Å². The fourth-order valence-electron chi connectivity index (χ4n) is 3.01. The van der Waals surface area contributed by atoms with E-state index in [-0.39, 0.29) is 42.7 Å². The van der Waals surface area contributed by atoms with Gasteiger partial charge in [0.1, 0.15) is 0 Å². The molecule has 0 saturated carbocycles. The molecule has 24 heavy (non-hydrogen) atoms. The molecule has 1 aromatic carbocycles. The third-order valence-corrected chi connectivity index (χ3v) is 4.70. The van der Waals surface area contributed by atoms with Crippen LogP contribution in [-0.2, 0) is 11.3 Å². The van der Waals surface area contributed by atoms with Gasteiger partial charge in [0.15, 0.2) is 0 Å². The van der Waals surface area contributed by atoms with Crippen LogP contribution in [0.25, 0.3) is 0 Å². The fourth-order valence-corrected chi connectivity index (χ4v) is 3.01. The van der Waals surface area contributed by atoms with E-state index in [9.17, 15) is 4.79 Å². The number of amides is 1. The highest BCUT2D eigenvalue weighted by Crippen LogP contribution is 2.18. The summed E-state index contributed by atoms with van der Waals surface area (Å²) in [4.78, 5) is 16.7. The van der Waals surface area contributed by atoms with Crippen LogP contribution in [0.3, 0.4) is 0 Å². The summed E-state index contributed by atoms with van der Waals surface area (Å²) >= 11 is 0. The maximum absolute atomic E-state index is 12.3. The summed E-state index contributed by atoms with van der Waals surface area (Å²) in [6.45, 7) is 7.07. The number of likely N-dealkylation sites (N-methyl/N-ethyl adjacent to an activating group) is 1. The van der Waals surface area contributed by atoms with Crippen LogP contribution in [0.15, 0.2) is 30.3 Å². The molecule has 0 aliphatic carbocycles. The molecule has 1 atom stereocenters. The Morgan fingerprint density at radius 2 is 1.75 bits per heavy atom. The van der Waals surface area contributed by atoms with Crippen LogP contribution in [0.5, 0.6) is 0 Å². The van der Waals surface area contributed by atoms with Crippen molar-refractivity contribution in [1.82, 2.24) is 9.80 Å². The molecule has 0 radical (unpaired) electrons. The third-order valence-electron chi connectivity index (χ3n) is 4.70. The van der Waals surface area contributed by atoms with Gasteiger partial charge >= 0.3 is 0 Å². The van der Waals surface area contributed by atoms with Crippen LogP contribution in [0.1, 0.15) is 32.3 Å². The Morgan fingerprint density at radius 1 is 1.21 bits per heavy atom. The van der Waals surface area contributed by atoms with Gasteiger partial charge in [-0.25, -0.2) is 0 Å². The van der Waals surface area contributed by atoms with Gasteiger partial charge < -0.3 is 10.6 Å². The van der Waals surface area contributed by atoms with Crippen molar-refractivity contribution in [2.24, 2.45) is 11.7 Å². The molecule has 1 aromatic rings. The first-order chi connectivity index (χ1) is 10.5. The second-order valence-corrected chi connectivity index (χ2v) is 6.71. The van der Waals surface area contributed by atoms with Crippen LogP contribution in [0, 0.1) is 5.92 Å². The standard InChI is InChI=1S/C18H29N3O.2ClH/c1-14(2)17(19)18(22)20(3)16-9-11-21(12-10-16)13-15-7-5-4-6-8-15;;/h4-8,14,16-17H,9-13,19H2,1-3H3;2*1H. The lowest BCUT2D eigenvalue weighted by molar-refractivity contribution is -0.135. The first kappa shape index (κ1) is 23.2. The molecule has 1 fully saturated rings. The number of carbonyl (C=O) groups is 1. The Kier molecular flexibility index (Phi) is 10.6. The van der Waals surface area contributed by atoms with Crippen LogP contribution < -0.4 is 5.73 Å². The molecule has 4 nitrogen and oxygen atoms in total. The van der Waals surface area contributed by atoms with Crippen molar-refractivity contribution in [1.29, 1.82) is 0 Å². The Labute approximate surface area is 158 Å². The van der Waals surface area contributed by atoms with Gasteiger partial charge in [-0.1, -0.05) is 44.2 Å². The van der Waals surface area contributed by atoms with Gasteiger partial charge in [0, 0.05) is 32.7 Å².